The third kappa shape index (κ3) is 36.4. The first kappa shape index (κ1) is 49.1. The minimum Gasteiger partial charge on any atom is 4.00 e. The van der Waals surface area contributed by atoms with Crippen molar-refractivity contribution in [2.45, 2.75) is 168 Å². The second-order valence-corrected chi connectivity index (χ2v) is 22.1. The van der Waals surface area contributed by atoms with E-state index in [1.807, 2.05) is 0 Å². The zero-order valence-corrected chi connectivity index (χ0v) is 35.5. The molecule has 1 aromatic rings. The van der Waals surface area contributed by atoms with Gasteiger partial charge in [-0.1, -0.05) is 125 Å². The van der Waals surface area contributed by atoms with Crippen LogP contribution < -0.4 is 4.40 Å². The molecule has 1 aromatic carbocycles. The Morgan fingerprint density at radius 2 is 0.571 bits per heavy atom. The van der Waals surface area contributed by atoms with Crippen molar-refractivity contribution in [2.24, 2.45) is 0 Å². The van der Waals surface area contributed by atoms with Crippen molar-refractivity contribution in [1.29, 1.82) is 0 Å². The maximum atomic E-state index is 12.1. The molecule has 42 heavy (non-hydrogen) atoms. The van der Waals surface area contributed by atoms with Gasteiger partial charge in [0.25, 0.3) is 0 Å². The molecule has 0 saturated carbocycles. The number of hydrogen-bond acceptors (Lipinski definition) is 0. The van der Waals surface area contributed by atoms with Crippen LogP contribution in [0.5, 0.6) is 0 Å². The fourth-order valence-electron chi connectivity index (χ4n) is 4.16. The van der Waals surface area contributed by atoms with Gasteiger partial charge in [0.15, 0.2) is 0 Å². The summed E-state index contributed by atoms with van der Waals surface area (Å²) in [6, 6.07) is 4.16. The normalized spacial score (nSPS) is 13.5. The molecule has 0 aliphatic carbocycles. The van der Waals surface area contributed by atoms with E-state index >= 15 is 0 Å². The Morgan fingerprint density at radius 3 is 0.667 bits per heavy atom. The van der Waals surface area contributed by atoms with Crippen LogP contribution in [0.25, 0.3) is 16.0 Å². The Morgan fingerprint density at radius 1 is 0.405 bits per heavy atom. The quantitative estimate of drug-likeness (QED) is 0.154. The predicted octanol–water partition coefficient (Wildman–Crippen LogP) is 10.9. The summed E-state index contributed by atoms with van der Waals surface area (Å²) in [5.41, 5.74) is 0.656. The number of nitrogens with zero attached hydrogens (tertiary/aromatic N) is 3. The summed E-state index contributed by atoms with van der Waals surface area (Å²) in [6.07, 6.45) is 0. The molecule has 0 unspecified atom stereocenters. The fourth-order valence-corrected chi connectivity index (χ4v) is 7.80. The Kier molecular flexibility index (Phi) is 20.8. The van der Waals surface area contributed by atoms with Gasteiger partial charge in [-0.2, -0.15) is 0 Å². The van der Waals surface area contributed by atoms with Crippen molar-refractivity contribution >= 4 is 18.7 Å². The number of halogens is 6. The van der Waals surface area contributed by atoms with E-state index in [1.165, 1.54) is 12.1 Å². The fraction of sp³-hybridized carbons (Fsp3) is 0.839. The molecule has 248 valence electrons. The maximum Gasteiger partial charge on any atom is 4.00 e. The van der Waals surface area contributed by atoms with E-state index in [9.17, 15) is 26.3 Å². The van der Waals surface area contributed by atoms with Crippen LogP contribution >= 0.6 is 0 Å². The zero-order chi connectivity index (χ0) is 34.1. The largest absolute Gasteiger partial charge is 4.00 e. The van der Waals surface area contributed by atoms with Crippen LogP contribution in [0.2, 0.25) is 0 Å². The molecule has 0 atom stereocenters. The average Bonchev–Trinajstić information content (AvgIpc) is 2.95. The first-order chi connectivity index (χ1) is 17.3. The van der Waals surface area contributed by atoms with Gasteiger partial charge in [-0.05, 0) is 0 Å². The van der Waals surface area contributed by atoms with Gasteiger partial charge in [-0.15, -0.1) is 33.2 Å². The number of rotatable bonds is 1. The van der Waals surface area contributed by atoms with Crippen LogP contribution in [0, 0.1) is 0 Å². The van der Waals surface area contributed by atoms with Gasteiger partial charge >= 0.3 is 105 Å². The molecule has 0 heterocycles. The molecule has 0 spiro atoms. The van der Waals surface area contributed by atoms with Gasteiger partial charge in [0.1, 0.15) is 0 Å². The van der Waals surface area contributed by atoms with Crippen molar-refractivity contribution in [1.82, 2.24) is 0 Å². The molecule has 11 heteroatoms. The summed E-state index contributed by atoms with van der Waals surface area (Å²) in [5.74, 6) is 0. The molecule has 0 amide bonds. The smallest absolute Gasteiger partial charge is 4.00 e. The topological polar surface area (TPSA) is 42.3 Å². The van der Waals surface area contributed by atoms with Crippen LogP contribution in [-0.4, -0.2) is 57.6 Å². The van der Waals surface area contributed by atoms with E-state index in [2.05, 4.69) is 141 Å². The molecule has 0 aliphatic rings. The predicted molar refractivity (Wildman–Crippen MR) is 170 cm³/mol. The van der Waals surface area contributed by atoms with Gasteiger partial charge in [-0.3, -0.25) is 0 Å². The van der Waals surface area contributed by atoms with Crippen molar-refractivity contribution in [3.63, 3.8) is 0 Å². The molecule has 0 fully saturated rings. The summed E-state index contributed by atoms with van der Waals surface area (Å²) in [7, 11) is 0. The molecular formula is C31H59F6GeHfN3. The first-order valence-corrected chi connectivity index (χ1v) is 17.6. The Bertz CT molecular complexity index is 699. The minimum atomic E-state index is -5.46. The molecule has 0 bridgehead atoms. The van der Waals surface area contributed by atoms with Gasteiger partial charge in [0, 0.05) is 0 Å². The molecule has 0 aromatic heterocycles. The summed E-state index contributed by atoms with van der Waals surface area (Å²) in [4.78, 5) is 0. The molecule has 0 saturated heterocycles. The van der Waals surface area contributed by atoms with E-state index in [0.29, 0.717) is 0 Å². The van der Waals surface area contributed by atoms with Crippen LogP contribution in [0.15, 0.2) is 24.3 Å². The number of alkyl halides is 6. The third-order valence-corrected chi connectivity index (χ3v) is 8.64. The monoisotopic (exact) mass is 841 g/mol. The van der Waals surface area contributed by atoms with Gasteiger partial charge in [0.05, 0.1) is 0 Å². The molecule has 1 rings (SSSR count). The number of hydrogen-bond donors (Lipinski definition) is 0. The Balaban J connectivity index is -0.000000233. The molecule has 0 N–H and O–H groups in total. The molecule has 0 aliphatic heterocycles. The van der Waals surface area contributed by atoms with Crippen molar-refractivity contribution in [3.8, 4) is 0 Å². The van der Waals surface area contributed by atoms with Crippen LogP contribution in [0.4, 0.5) is 26.3 Å². The van der Waals surface area contributed by atoms with Crippen LogP contribution in [0.3, 0.4) is 0 Å². The molecule has 3 nitrogen and oxygen atoms in total. The van der Waals surface area contributed by atoms with Crippen molar-refractivity contribution < 1.29 is 52.2 Å². The van der Waals surface area contributed by atoms with Crippen molar-refractivity contribution in [2.75, 3.05) is 0 Å². The van der Waals surface area contributed by atoms with Crippen LogP contribution in [0.1, 0.15) is 125 Å². The maximum absolute atomic E-state index is 12.1. The standard InChI is InChI=1S/3C8H18N.C7H5F6Ge.Hf/c3*1-7(2,3)9-8(4,5)6;8-6(9,10)14(7(11,12)13)5-3-1-2-4-5;/h3*1-6H3;1-4,14H;/q4*-1;+4. The van der Waals surface area contributed by atoms with Gasteiger partial charge in [0.2, 0.25) is 0 Å². The van der Waals surface area contributed by atoms with E-state index < -0.39 is 28.8 Å². The molecular weight excluding hydrogens is 779 g/mol. The zero-order valence-electron chi connectivity index (χ0n) is 29.5. The Hall–Kier alpha value is 0.223. The second-order valence-electron chi connectivity index (χ2n) is 16.1. The third-order valence-electron chi connectivity index (χ3n) is 3.69. The summed E-state index contributed by atoms with van der Waals surface area (Å²) in [5, 5.41) is 3.40. The van der Waals surface area contributed by atoms with Crippen molar-refractivity contribution in [3.05, 3.63) is 40.2 Å². The summed E-state index contributed by atoms with van der Waals surface area (Å²) in [6.45, 7) is 38.2. The van der Waals surface area contributed by atoms with E-state index in [0.717, 1.165) is 12.1 Å². The van der Waals surface area contributed by atoms with E-state index in [-0.39, 0.29) is 59.1 Å². The van der Waals surface area contributed by atoms with Gasteiger partial charge < -0.3 is 16.0 Å². The first-order valence-electron chi connectivity index (χ1n) is 13.9. The minimum absolute atomic E-state index is 0. The van der Waals surface area contributed by atoms with E-state index in [1.54, 1.807) is 0 Å². The summed E-state index contributed by atoms with van der Waals surface area (Å²) >= 11 is -5.46. The average molecular weight is 839 g/mol. The SMILES string of the molecule is CC(C)(C)[N-]C(C)(C)C.CC(C)(C)[N-]C(C)(C)C.CC(C)(C)[N-]C(C)(C)C.F[C](F)(F)[GeH]([c-]1cccc1)[C](F)(F)F.[Hf+4]. The Labute approximate surface area is 277 Å². The summed E-state index contributed by atoms with van der Waals surface area (Å²) < 4.78 is 72.3. The second kappa shape index (κ2) is 17.8. The molecule has 0 radical (unpaired) electrons. The van der Waals surface area contributed by atoms with E-state index in [4.69, 9.17) is 0 Å². The van der Waals surface area contributed by atoms with Crippen LogP contribution in [-0.2, 0) is 25.8 Å². The van der Waals surface area contributed by atoms with Gasteiger partial charge in [-0.25, -0.2) is 0 Å².